The summed E-state index contributed by atoms with van der Waals surface area (Å²) in [5.41, 5.74) is 1.99. The van der Waals surface area contributed by atoms with E-state index in [1.54, 1.807) is 11.9 Å². The topological polar surface area (TPSA) is 41.1 Å². The summed E-state index contributed by atoms with van der Waals surface area (Å²) in [6.45, 7) is 4.80. The molecule has 1 N–H and O–H groups in total. The lowest BCUT2D eigenvalue weighted by Crippen LogP contribution is -2.16. The number of benzene rings is 1. The van der Waals surface area contributed by atoms with Crippen LogP contribution in [0.2, 0.25) is 0 Å². The highest BCUT2D eigenvalue weighted by molar-refractivity contribution is 5.63. The molecule has 2 aromatic rings. The molecule has 106 valence electrons. The van der Waals surface area contributed by atoms with Crippen molar-refractivity contribution in [1.82, 2.24) is 9.97 Å². The Balaban J connectivity index is 2.33. The molecule has 0 aliphatic rings. The quantitative estimate of drug-likeness (QED) is 0.905. The van der Waals surface area contributed by atoms with Gasteiger partial charge in [-0.05, 0) is 25.0 Å². The third kappa shape index (κ3) is 3.04. The molecule has 0 saturated carbocycles. The highest BCUT2D eigenvalue weighted by atomic mass is 19.1. The Morgan fingerprint density at radius 2 is 2.05 bits per heavy atom. The van der Waals surface area contributed by atoms with E-state index in [9.17, 15) is 4.39 Å². The fourth-order valence-corrected chi connectivity index (χ4v) is 1.97. The number of hydrogen-bond acceptors (Lipinski definition) is 4. The molecule has 0 spiro atoms. The minimum absolute atomic E-state index is 0.271. The second kappa shape index (κ2) is 6.32. The van der Waals surface area contributed by atoms with Gasteiger partial charge in [0.05, 0.1) is 6.20 Å². The Labute approximate surface area is 118 Å². The van der Waals surface area contributed by atoms with Crippen LogP contribution < -0.4 is 10.2 Å². The maximum atomic E-state index is 14.0. The van der Waals surface area contributed by atoms with Crippen LogP contribution in [0.5, 0.6) is 0 Å². The van der Waals surface area contributed by atoms with Crippen molar-refractivity contribution in [1.29, 1.82) is 0 Å². The van der Waals surface area contributed by atoms with Gasteiger partial charge in [-0.1, -0.05) is 25.1 Å². The van der Waals surface area contributed by atoms with Crippen LogP contribution in [0.4, 0.5) is 21.8 Å². The molecule has 0 aliphatic carbocycles. The van der Waals surface area contributed by atoms with Gasteiger partial charge < -0.3 is 10.2 Å². The monoisotopic (exact) mass is 274 g/mol. The molecular formula is C15H19FN4. The minimum Gasteiger partial charge on any atom is -0.354 e. The van der Waals surface area contributed by atoms with E-state index < -0.39 is 5.82 Å². The fourth-order valence-electron chi connectivity index (χ4n) is 1.97. The van der Waals surface area contributed by atoms with E-state index in [1.807, 2.05) is 31.2 Å². The Morgan fingerprint density at radius 3 is 2.75 bits per heavy atom. The second-order valence-electron chi connectivity index (χ2n) is 4.64. The van der Waals surface area contributed by atoms with Gasteiger partial charge in [0.2, 0.25) is 5.95 Å². The molecular weight excluding hydrogens is 255 g/mol. The number of anilines is 3. The molecule has 0 bridgehead atoms. The number of nitrogens with zero attached hydrogens (tertiary/aromatic N) is 3. The molecule has 0 radical (unpaired) electrons. The highest BCUT2D eigenvalue weighted by Crippen LogP contribution is 2.27. The number of para-hydroxylation sites is 1. The Bertz CT molecular complexity index is 586. The molecule has 0 amide bonds. The van der Waals surface area contributed by atoms with Crippen LogP contribution in [-0.2, 0) is 0 Å². The fraction of sp³-hybridized carbons (Fsp3) is 0.333. The van der Waals surface area contributed by atoms with E-state index in [4.69, 9.17) is 0 Å². The summed E-state index contributed by atoms with van der Waals surface area (Å²) in [5, 5.41) is 3.07. The molecule has 20 heavy (non-hydrogen) atoms. The van der Waals surface area contributed by atoms with Crippen LogP contribution >= 0.6 is 0 Å². The summed E-state index contributed by atoms with van der Waals surface area (Å²) in [6.07, 6.45) is 2.17. The standard InChI is InChI=1S/C15H19FN4/c1-4-9-17-15-18-10-12(16)14(19-15)20(3)13-8-6-5-7-11(13)2/h5-8,10H,4,9H2,1-3H3,(H,17,18,19). The summed E-state index contributed by atoms with van der Waals surface area (Å²) in [4.78, 5) is 9.95. The zero-order chi connectivity index (χ0) is 14.5. The summed E-state index contributed by atoms with van der Waals surface area (Å²) >= 11 is 0. The van der Waals surface area contributed by atoms with Crippen molar-refractivity contribution in [2.75, 3.05) is 23.8 Å². The number of hydrogen-bond donors (Lipinski definition) is 1. The van der Waals surface area contributed by atoms with Crippen LogP contribution in [0.15, 0.2) is 30.5 Å². The van der Waals surface area contributed by atoms with E-state index >= 15 is 0 Å². The lowest BCUT2D eigenvalue weighted by Gasteiger charge is -2.21. The Kier molecular flexibility index (Phi) is 4.50. The molecule has 0 fully saturated rings. The molecule has 2 rings (SSSR count). The average molecular weight is 274 g/mol. The first kappa shape index (κ1) is 14.2. The van der Waals surface area contributed by atoms with Crippen molar-refractivity contribution in [3.63, 3.8) is 0 Å². The van der Waals surface area contributed by atoms with Crippen LogP contribution in [0, 0.1) is 12.7 Å². The van der Waals surface area contributed by atoms with E-state index in [0.29, 0.717) is 5.95 Å². The number of nitrogens with one attached hydrogen (secondary N) is 1. The lowest BCUT2D eigenvalue weighted by molar-refractivity contribution is 0.614. The lowest BCUT2D eigenvalue weighted by atomic mass is 10.2. The van der Waals surface area contributed by atoms with Gasteiger partial charge in [-0.25, -0.2) is 9.37 Å². The molecule has 0 aliphatic heterocycles. The van der Waals surface area contributed by atoms with E-state index in [2.05, 4.69) is 22.2 Å². The summed E-state index contributed by atoms with van der Waals surface area (Å²) in [5.74, 6) is 0.286. The third-order valence-corrected chi connectivity index (χ3v) is 3.05. The van der Waals surface area contributed by atoms with Crippen molar-refractivity contribution in [2.45, 2.75) is 20.3 Å². The number of halogens is 1. The molecule has 0 atom stereocenters. The van der Waals surface area contributed by atoms with Crippen molar-refractivity contribution < 1.29 is 4.39 Å². The van der Waals surface area contributed by atoms with Crippen LogP contribution in [0.25, 0.3) is 0 Å². The number of aryl methyl sites for hydroxylation is 1. The van der Waals surface area contributed by atoms with E-state index in [-0.39, 0.29) is 5.82 Å². The van der Waals surface area contributed by atoms with Crippen LogP contribution in [-0.4, -0.2) is 23.6 Å². The predicted molar refractivity (Wildman–Crippen MR) is 80.0 cm³/mol. The summed E-state index contributed by atoms with van der Waals surface area (Å²) in [7, 11) is 1.80. The molecule has 1 heterocycles. The zero-order valence-electron chi connectivity index (χ0n) is 12.0. The van der Waals surface area contributed by atoms with Crippen molar-refractivity contribution in [2.24, 2.45) is 0 Å². The van der Waals surface area contributed by atoms with E-state index in [0.717, 1.165) is 24.2 Å². The third-order valence-electron chi connectivity index (χ3n) is 3.05. The smallest absolute Gasteiger partial charge is 0.224 e. The molecule has 4 nitrogen and oxygen atoms in total. The Hall–Kier alpha value is -2.17. The SMILES string of the molecule is CCCNc1ncc(F)c(N(C)c2ccccc2C)n1. The first-order valence-electron chi connectivity index (χ1n) is 6.69. The second-order valence-corrected chi connectivity index (χ2v) is 4.64. The van der Waals surface area contributed by atoms with Gasteiger partial charge in [0.15, 0.2) is 11.6 Å². The van der Waals surface area contributed by atoms with Crippen molar-refractivity contribution >= 4 is 17.5 Å². The number of aromatic nitrogens is 2. The van der Waals surface area contributed by atoms with Crippen LogP contribution in [0.1, 0.15) is 18.9 Å². The predicted octanol–water partition coefficient (Wildman–Crippen LogP) is 3.51. The van der Waals surface area contributed by atoms with Crippen LogP contribution in [0.3, 0.4) is 0 Å². The summed E-state index contributed by atoms with van der Waals surface area (Å²) in [6, 6.07) is 7.81. The maximum absolute atomic E-state index is 14.0. The normalized spacial score (nSPS) is 10.4. The first-order valence-corrected chi connectivity index (χ1v) is 6.69. The van der Waals surface area contributed by atoms with E-state index in [1.165, 1.54) is 6.20 Å². The maximum Gasteiger partial charge on any atom is 0.224 e. The van der Waals surface area contributed by atoms with Gasteiger partial charge >= 0.3 is 0 Å². The van der Waals surface area contributed by atoms with Crippen molar-refractivity contribution in [3.05, 3.63) is 41.8 Å². The van der Waals surface area contributed by atoms with Gasteiger partial charge in [0.1, 0.15) is 0 Å². The molecule has 5 heteroatoms. The first-order chi connectivity index (χ1) is 9.63. The van der Waals surface area contributed by atoms with Crippen molar-refractivity contribution in [3.8, 4) is 0 Å². The summed E-state index contributed by atoms with van der Waals surface area (Å²) < 4.78 is 14.0. The molecule has 1 aromatic heterocycles. The molecule has 0 saturated heterocycles. The minimum atomic E-state index is -0.433. The number of rotatable bonds is 5. The molecule has 0 unspecified atom stereocenters. The molecule has 1 aromatic carbocycles. The largest absolute Gasteiger partial charge is 0.354 e. The van der Waals surface area contributed by atoms with Gasteiger partial charge in [-0.3, -0.25) is 0 Å². The average Bonchev–Trinajstić information content (AvgIpc) is 2.46. The highest BCUT2D eigenvalue weighted by Gasteiger charge is 2.14. The van der Waals surface area contributed by atoms with Gasteiger partial charge in [0.25, 0.3) is 0 Å². The van der Waals surface area contributed by atoms with Gasteiger partial charge in [-0.2, -0.15) is 4.98 Å². The zero-order valence-corrected chi connectivity index (χ0v) is 12.0. The Morgan fingerprint density at radius 1 is 1.30 bits per heavy atom. The van der Waals surface area contributed by atoms with Gasteiger partial charge in [-0.15, -0.1) is 0 Å². The van der Waals surface area contributed by atoms with Gasteiger partial charge in [0, 0.05) is 19.3 Å².